The molecule has 0 aliphatic carbocycles. The van der Waals surface area contributed by atoms with Crippen LogP contribution in [-0.4, -0.2) is 58.2 Å². The second-order valence-corrected chi connectivity index (χ2v) is 7.64. The lowest BCUT2D eigenvalue weighted by molar-refractivity contribution is -0.132. The van der Waals surface area contributed by atoms with Crippen LogP contribution >= 0.6 is 0 Å². The van der Waals surface area contributed by atoms with Crippen molar-refractivity contribution < 1.29 is 9.18 Å². The fourth-order valence-corrected chi connectivity index (χ4v) is 4.00. The van der Waals surface area contributed by atoms with Crippen LogP contribution in [0.1, 0.15) is 31.7 Å². The van der Waals surface area contributed by atoms with Gasteiger partial charge in [-0.2, -0.15) is 5.10 Å². The number of likely N-dealkylation sites (tertiary alicyclic amines) is 1. The van der Waals surface area contributed by atoms with Gasteiger partial charge in [0.25, 0.3) is 0 Å². The van der Waals surface area contributed by atoms with Gasteiger partial charge in [0.1, 0.15) is 5.82 Å². The van der Waals surface area contributed by atoms with Crippen LogP contribution in [0.5, 0.6) is 0 Å². The first-order valence-corrected chi connectivity index (χ1v) is 10.4. The van der Waals surface area contributed by atoms with Gasteiger partial charge in [0.2, 0.25) is 5.91 Å². The Morgan fingerprint density at radius 1 is 1.32 bits per heavy atom. The number of carbonyl (C=O) groups is 1. The first kappa shape index (κ1) is 20.5. The van der Waals surface area contributed by atoms with Gasteiger partial charge in [0.05, 0.1) is 0 Å². The molecule has 1 aromatic heterocycles. The summed E-state index contributed by atoms with van der Waals surface area (Å²) in [6, 6.07) is 8.75. The highest BCUT2D eigenvalue weighted by Crippen LogP contribution is 2.19. The van der Waals surface area contributed by atoms with Crippen LogP contribution in [-0.2, 0) is 17.8 Å². The SMILES string of the molecule is CCN(CC1CCCN(CCc2cccc(F)c2)C1)C(=O)CCn1cccn1. The Labute approximate surface area is 167 Å². The molecular weight excluding hydrogens is 355 g/mol. The Bertz CT molecular complexity index is 734. The maximum atomic E-state index is 13.3. The van der Waals surface area contributed by atoms with Gasteiger partial charge in [-0.25, -0.2) is 4.39 Å². The Morgan fingerprint density at radius 3 is 2.96 bits per heavy atom. The van der Waals surface area contributed by atoms with Crippen LogP contribution < -0.4 is 0 Å². The first-order chi connectivity index (χ1) is 13.6. The Kier molecular flexibility index (Phi) is 7.60. The zero-order chi connectivity index (χ0) is 19.8. The molecule has 0 bridgehead atoms. The Morgan fingerprint density at radius 2 is 2.21 bits per heavy atom. The smallest absolute Gasteiger partial charge is 0.224 e. The van der Waals surface area contributed by atoms with E-state index in [0.29, 0.717) is 18.9 Å². The van der Waals surface area contributed by atoms with Crippen LogP contribution in [0.15, 0.2) is 42.7 Å². The average molecular weight is 387 g/mol. The minimum atomic E-state index is -0.166. The van der Waals surface area contributed by atoms with Crippen LogP contribution in [0.2, 0.25) is 0 Å². The number of amides is 1. The van der Waals surface area contributed by atoms with Crippen molar-refractivity contribution >= 4 is 5.91 Å². The molecule has 2 aromatic rings. The minimum absolute atomic E-state index is 0.166. The number of nitrogens with zero attached hydrogens (tertiary/aromatic N) is 4. The molecule has 0 radical (unpaired) electrons. The quantitative estimate of drug-likeness (QED) is 0.665. The van der Waals surface area contributed by atoms with E-state index in [1.165, 1.54) is 12.5 Å². The highest BCUT2D eigenvalue weighted by Gasteiger charge is 2.23. The summed E-state index contributed by atoms with van der Waals surface area (Å²) in [4.78, 5) is 17.1. The average Bonchev–Trinajstić information content (AvgIpc) is 3.23. The van der Waals surface area contributed by atoms with Gasteiger partial charge in [0.15, 0.2) is 0 Å². The predicted octanol–water partition coefficient (Wildman–Crippen LogP) is 3.22. The summed E-state index contributed by atoms with van der Waals surface area (Å²) in [5, 5.41) is 4.17. The number of hydrogen-bond donors (Lipinski definition) is 0. The van der Waals surface area contributed by atoms with E-state index in [0.717, 1.165) is 51.1 Å². The van der Waals surface area contributed by atoms with E-state index >= 15 is 0 Å². The molecule has 1 aliphatic heterocycles. The molecule has 0 N–H and O–H groups in total. The minimum Gasteiger partial charge on any atom is -0.343 e. The molecule has 1 aliphatic rings. The third kappa shape index (κ3) is 6.16. The van der Waals surface area contributed by atoms with Crippen LogP contribution in [0, 0.1) is 11.7 Å². The van der Waals surface area contributed by atoms with E-state index in [4.69, 9.17) is 0 Å². The molecule has 152 valence electrons. The lowest BCUT2D eigenvalue weighted by Crippen LogP contribution is -2.43. The van der Waals surface area contributed by atoms with Crippen molar-refractivity contribution in [3.63, 3.8) is 0 Å². The highest BCUT2D eigenvalue weighted by molar-refractivity contribution is 5.76. The Balaban J connectivity index is 1.45. The number of aromatic nitrogens is 2. The molecule has 1 atom stereocenters. The largest absolute Gasteiger partial charge is 0.343 e. The summed E-state index contributed by atoms with van der Waals surface area (Å²) >= 11 is 0. The number of hydrogen-bond acceptors (Lipinski definition) is 3. The second kappa shape index (κ2) is 10.4. The third-order valence-electron chi connectivity index (χ3n) is 5.54. The number of aryl methyl sites for hydroxylation is 1. The standard InChI is InChI=1S/C22H31FN4O/c1-2-26(22(28)10-15-27-13-5-11-24-27)18-20-7-4-12-25(17-20)14-9-19-6-3-8-21(23)16-19/h3,5-6,8,11,13,16,20H,2,4,7,9-10,12,14-15,17-18H2,1H3. The fraction of sp³-hybridized carbons (Fsp3) is 0.545. The summed E-state index contributed by atoms with van der Waals surface area (Å²) in [5.41, 5.74) is 1.05. The number of halogens is 1. The summed E-state index contributed by atoms with van der Waals surface area (Å²) in [6.07, 6.45) is 7.31. The molecule has 2 heterocycles. The van der Waals surface area contributed by atoms with Gasteiger partial charge < -0.3 is 9.80 Å². The molecule has 1 aromatic carbocycles. The first-order valence-electron chi connectivity index (χ1n) is 10.4. The Hall–Kier alpha value is -2.21. The maximum absolute atomic E-state index is 13.3. The molecule has 0 saturated carbocycles. The lowest BCUT2D eigenvalue weighted by Gasteiger charge is -2.35. The summed E-state index contributed by atoms with van der Waals surface area (Å²) in [7, 11) is 0. The molecule has 1 saturated heterocycles. The molecule has 6 heteroatoms. The lowest BCUT2D eigenvalue weighted by atomic mass is 9.96. The van der Waals surface area contributed by atoms with Crippen molar-refractivity contribution in [2.24, 2.45) is 5.92 Å². The van der Waals surface area contributed by atoms with E-state index in [9.17, 15) is 9.18 Å². The normalized spacial score (nSPS) is 17.6. The number of piperidine rings is 1. The summed E-state index contributed by atoms with van der Waals surface area (Å²) < 4.78 is 15.2. The molecule has 28 heavy (non-hydrogen) atoms. The van der Waals surface area contributed by atoms with Gasteiger partial charge in [-0.15, -0.1) is 0 Å². The predicted molar refractivity (Wildman–Crippen MR) is 108 cm³/mol. The number of rotatable bonds is 9. The molecule has 1 fully saturated rings. The highest BCUT2D eigenvalue weighted by atomic mass is 19.1. The van der Waals surface area contributed by atoms with Crippen molar-refractivity contribution in [1.29, 1.82) is 0 Å². The van der Waals surface area contributed by atoms with Crippen molar-refractivity contribution in [3.05, 3.63) is 54.1 Å². The van der Waals surface area contributed by atoms with Gasteiger partial charge in [-0.1, -0.05) is 12.1 Å². The molecule has 0 spiro atoms. The molecule has 1 unspecified atom stereocenters. The van der Waals surface area contributed by atoms with Crippen molar-refractivity contribution in [2.45, 2.75) is 39.2 Å². The molecule has 3 rings (SSSR count). The maximum Gasteiger partial charge on any atom is 0.224 e. The monoisotopic (exact) mass is 386 g/mol. The van der Waals surface area contributed by atoms with E-state index in [1.807, 2.05) is 23.2 Å². The van der Waals surface area contributed by atoms with Gasteiger partial charge in [-0.05, 0) is 62.4 Å². The zero-order valence-corrected chi connectivity index (χ0v) is 16.8. The van der Waals surface area contributed by atoms with Gasteiger partial charge in [0, 0.05) is 51.5 Å². The van der Waals surface area contributed by atoms with Crippen LogP contribution in [0.4, 0.5) is 4.39 Å². The third-order valence-corrected chi connectivity index (χ3v) is 5.54. The van der Waals surface area contributed by atoms with E-state index in [2.05, 4.69) is 16.9 Å². The van der Waals surface area contributed by atoms with E-state index in [-0.39, 0.29) is 11.7 Å². The fourth-order valence-electron chi connectivity index (χ4n) is 4.00. The summed E-state index contributed by atoms with van der Waals surface area (Å²) in [6.45, 7) is 7.30. The molecule has 1 amide bonds. The van der Waals surface area contributed by atoms with Gasteiger partial charge in [-0.3, -0.25) is 9.48 Å². The topological polar surface area (TPSA) is 41.4 Å². The van der Waals surface area contributed by atoms with Gasteiger partial charge >= 0.3 is 0 Å². The van der Waals surface area contributed by atoms with Crippen LogP contribution in [0.3, 0.4) is 0 Å². The summed E-state index contributed by atoms with van der Waals surface area (Å²) in [5.74, 6) is 0.547. The van der Waals surface area contributed by atoms with Crippen molar-refractivity contribution in [1.82, 2.24) is 19.6 Å². The van der Waals surface area contributed by atoms with Crippen molar-refractivity contribution in [2.75, 3.05) is 32.7 Å². The van der Waals surface area contributed by atoms with E-state index in [1.54, 1.807) is 23.0 Å². The number of benzene rings is 1. The number of carbonyl (C=O) groups excluding carboxylic acids is 1. The zero-order valence-electron chi connectivity index (χ0n) is 16.8. The molecule has 5 nitrogen and oxygen atoms in total. The van der Waals surface area contributed by atoms with Crippen LogP contribution in [0.25, 0.3) is 0 Å². The molecular formula is C22H31FN4O. The second-order valence-electron chi connectivity index (χ2n) is 7.64. The van der Waals surface area contributed by atoms with E-state index < -0.39 is 0 Å². The van der Waals surface area contributed by atoms with Crippen molar-refractivity contribution in [3.8, 4) is 0 Å².